The standard InChI is InChI=1S/C22H27N3O5/c1-27-16-2-3-19-17(14-16)20(24-6-4-22(5-7-24)29-12-13-30-22)18(15-23-19)21(26)25-8-10-28-11-9-25/h2-3,14-15H,4-13H2,1H3. The zero-order valence-corrected chi connectivity index (χ0v) is 17.3. The molecule has 8 nitrogen and oxygen atoms in total. The Morgan fingerprint density at radius 3 is 2.50 bits per heavy atom. The van der Waals surface area contributed by atoms with Crippen molar-refractivity contribution in [3.05, 3.63) is 30.0 Å². The smallest absolute Gasteiger partial charge is 0.257 e. The zero-order chi connectivity index (χ0) is 20.6. The number of nitrogens with zero attached hydrogens (tertiary/aromatic N) is 3. The third-order valence-corrected chi connectivity index (χ3v) is 6.23. The Labute approximate surface area is 175 Å². The number of piperidine rings is 1. The molecule has 3 fully saturated rings. The third-order valence-electron chi connectivity index (χ3n) is 6.23. The van der Waals surface area contributed by atoms with Crippen LogP contribution in [0.2, 0.25) is 0 Å². The Morgan fingerprint density at radius 1 is 1.07 bits per heavy atom. The Bertz CT molecular complexity index is 928. The van der Waals surface area contributed by atoms with Crippen LogP contribution in [0, 0.1) is 0 Å². The molecular weight excluding hydrogens is 386 g/mol. The van der Waals surface area contributed by atoms with Crippen molar-refractivity contribution < 1.29 is 23.7 Å². The summed E-state index contributed by atoms with van der Waals surface area (Å²) in [4.78, 5) is 22.1. The Morgan fingerprint density at radius 2 is 1.80 bits per heavy atom. The highest BCUT2D eigenvalue weighted by molar-refractivity contribution is 6.07. The van der Waals surface area contributed by atoms with Gasteiger partial charge in [0.2, 0.25) is 0 Å². The molecule has 4 heterocycles. The Balaban J connectivity index is 1.55. The van der Waals surface area contributed by atoms with Crippen LogP contribution in [0.1, 0.15) is 23.2 Å². The first-order chi connectivity index (χ1) is 14.7. The summed E-state index contributed by atoms with van der Waals surface area (Å²) >= 11 is 0. The van der Waals surface area contributed by atoms with E-state index in [4.69, 9.17) is 18.9 Å². The van der Waals surface area contributed by atoms with E-state index >= 15 is 0 Å². The van der Waals surface area contributed by atoms with E-state index < -0.39 is 5.79 Å². The van der Waals surface area contributed by atoms with Gasteiger partial charge in [-0.1, -0.05) is 0 Å². The molecule has 3 aliphatic rings. The summed E-state index contributed by atoms with van der Waals surface area (Å²) in [6, 6.07) is 5.81. The molecule has 1 aromatic heterocycles. The quantitative estimate of drug-likeness (QED) is 0.763. The molecule has 0 saturated carbocycles. The molecule has 1 amide bonds. The number of morpholine rings is 1. The normalized spacial score (nSPS) is 21.4. The third kappa shape index (κ3) is 3.49. The molecule has 5 rings (SSSR count). The van der Waals surface area contributed by atoms with Crippen LogP contribution in [-0.2, 0) is 14.2 Å². The van der Waals surface area contributed by atoms with Crippen molar-refractivity contribution in [1.82, 2.24) is 9.88 Å². The van der Waals surface area contributed by atoms with Gasteiger partial charge in [-0.2, -0.15) is 0 Å². The number of anilines is 1. The van der Waals surface area contributed by atoms with Crippen molar-refractivity contribution in [2.24, 2.45) is 0 Å². The van der Waals surface area contributed by atoms with Gasteiger partial charge >= 0.3 is 0 Å². The van der Waals surface area contributed by atoms with Crippen LogP contribution in [0.15, 0.2) is 24.4 Å². The topological polar surface area (TPSA) is 73.4 Å². The number of pyridine rings is 1. The number of aromatic nitrogens is 1. The number of fused-ring (bicyclic) bond motifs is 1. The second-order valence-electron chi connectivity index (χ2n) is 7.90. The van der Waals surface area contributed by atoms with E-state index in [-0.39, 0.29) is 5.91 Å². The highest BCUT2D eigenvalue weighted by Gasteiger charge is 2.41. The summed E-state index contributed by atoms with van der Waals surface area (Å²) in [6.45, 7) is 5.12. The largest absolute Gasteiger partial charge is 0.497 e. The summed E-state index contributed by atoms with van der Waals surface area (Å²) in [5.41, 5.74) is 2.39. The molecule has 0 N–H and O–H groups in total. The molecule has 3 aliphatic heterocycles. The van der Waals surface area contributed by atoms with Gasteiger partial charge in [-0.3, -0.25) is 9.78 Å². The maximum Gasteiger partial charge on any atom is 0.257 e. The fraction of sp³-hybridized carbons (Fsp3) is 0.545. The van der Waals surface area contributed by atoms with Gasteiger partial charge in [0, 0.05) is 50.6 Å². The molecule has 3 saturated heterocycles. The van der Waals surface area contributed by atoms with E-state index in [0.29, 0.717) is 45.1 Å². The van der Waals surface area contributed by atoms with Crippen molar-refractivity contribution in [3.8, 4) is 5.75 Å². The van der Waals surface area contributed by atoms with E-state index in [1.165, 1.54) is 0 Å². The lowest BCUT2D eigenvalue weighted by Gasteiger charge is -2.40. The molecule has 0 atom stereocenters. The molecule has 0 unspecified atom stereocenters. The van der Waals surface area contributed by atoms with Crippen molar-refractivity contribution >= 4 is 22.5 Å². The number of methoxy groups -OCH3 is 1. The van der Waals surface area contributed by atoms with Gasteiger partial charge in [-0.05, 0) is 18.2 Å². The van der Waals surface area contributed by atoms with Gasteiger partial charge in [0.25, 0.3) is 5.91 Å². The van der Waals surface area contributed by atoms with Crippen LogP contribution in [-0.4, -0.2) is 81.3 Å². The number of hydrogen-bond acceptors (Lipinski definition) is 7. The monoisotopic (exact) mass is 413 g/mol. The van der Waals surface area contributed by atoms with Crippen molar-refractivity contribution in [1.29, 1.82) is 0 Å². The molecule has 0 aliphatic carbocycles. The van der Waals surface area contributed by atoms with Gasteiger partial charge in [0.05, 0.1) is 50.3 Å². The van der Waals surface area contributed by atoms with Crippen molar-refractivity contribution in [2.45, 2.75) is 18.6 Å². The molecule has 1 aromatic carbocycles. The predicted molar refractivity (Wildman–Crippen MR) is 111 cm³/mol. The average molecular weight is 413 g/mol. The number of benzene rings is 1. The first-order valence-electron chi connectivity index (χ1n) is 10.6. The lowest BCUT2D eigenvalue weighted by atomic mass is 9.99. The minimum atomic E-state index is -0.467. The van der Waals surface area contributed by atoms with Gasteiger partial charge < -0.3 is 28.7 Å². The second kappa shape index (κ2) is 8.02. The highest BCUT2D eigenvalue weighted by atomic mass is 16.7. The fourth-order valence-corrected chi connectivity index (χ4v) is 4.58. The Hall–Kier alpha value is -2.42. The van der Waals surface area contributed by atoms with Crippen molar-refractivity contribution in [3.63, 3.8) is 0 Å². The van der Waals surface area contributed by atoms with Crippen LogP contribution >= 0.6 is 0 Å². The van der Waals surface area contributed by atoms with Crippen LogP contribution in [0.4, 0.5) is 5.69 Å². The van der Waals surface area contributed by atoms with Gasteiger partial charge in [0.15, 0.2) is 5.79 Å². The van der Waals surface area contributed by atoms with Crippen molar-refractivity contribution in [2.75, 3.05) is 64.6 Å². The first-order valence-corrected chi connectivity index (χ1v) is 10.6. The number of amides is 1. The van der Waals surface area contributed by atoms with E-state index in [9.17, 15) is 4.79 Å². The summed E-state index contributed by atoms with van der Waals surface area (Å²) < 4.78 is 22.7. The maximum absolute atomic E-state index is 13.4. The average Bonchev–Trinajstić information content (AvgIpc) is 3.26. The van der Waals surface area contributed by atoms with Crippen LogP contribution in [0.5, 0.6) is 5.75 Å². The summed E-state index contributed by atoms with van der Waals surface area (Å²) in [6.07, 6.45) is 3.26. The number of carbonyl (C=O) groups excluding carboxylic acids is 1. The lowest BCUT2D eigenvalue weighted by Crippen LogP contribution is -2.46. The lowest BCUT2D eigenvalue weighted by molar-refractivity contribution is -0.169. The summed E-state index contributed by atoms with van der Waals surface area (Å²) in [5, 5.41) is 0.928. The molecule has 1 spiro atoms. The summed E-state index contributed by atoms with van der Waals surface area (Å²) in [5.74, 6) is 0.280. The summed E-state index contributed by atoms with van der Waals surface area (Å²) in [7, 11) is 1.65. The first kappa shape index (κ1) is 19.5. The minimum absolute atomic E-state index is 0.000766. The van der Waals surface area contributed by atoms with Gasteiger partial charge in [-0.15, -0.1) is 0 Å². The highest BCUT2D eigenvalue weighted by Crippen LogP contribution is 2.38. The van der Waals surface area contributed by atoms with Gasteiger partial charge in [-0.25, -0.2) is 0 Å². The number of rotatable bonds is 3. The van der Waals surface area contributed by atoms with E-state index in [1.54, 1.807) is 13.3 Å². The SMILES string of the molecule is COc1ccc2ncc(C(=O)N3CCOCC3)c(N3CCC4(CC3)OCCO4)c2c1. The molecular formula is C22H27N3O5. The number of hydrogen-bond donors (Lipinski definition) is 0. The van der Waals surface area contributed by atoms with E-state index in [1.807, 2.05) is 23.1 Å². The number of carbonyl (C=O) groups is 1. The molecule has 160 valence electrons. The minimum Gasteiger partial charge on any atom is -0.497 e. The fourth-order valence-electron chi connectivity index (χ4n) is 4.58. The second-order valence-corrected chi connectivity index (χ2v) is 7.90. The predicted octanol–water partition coefficient (Wildman–Crippen LogP) is 2.06. The number of ether oxygens (including phenoxy) is 4. The zero-order valence-electron chi connectivity index (χ0n) is 17.3. The van der Waals surface area contributed by atoms with Gasteiger partial charge in [0.1, 0.15) is 5.75 Å². The van der Waals surface area contributed by atoms with Crippen LogP contribution < -0.4 is 9.64 Å². The molecule has 2 aromatic rings. The van der Waals surface area contributed by atoms with Crippen LogP contribution in [0.25, 0.3) is 10.9 Å². The van der Waals surface area contributed by atoms with E-state index in [0.717, 1.165) is 48.3 Å². The Kier molecular flexibility index (Phi) is 5.22. The molecule has 0 radical (unpaired) electrons. The van der Waals surface area contributed by atoms with Crippen LogP contribution in [0.3, 0.4) is 0 Å². The molecule has 8 heteroatoms. The van der Waals surface area contributed by atoms with E-state index in [2.05, 4.69) is 9.88 Å². The maximum atomic E-state index is 13.4. The molecule has 0 bridgehead atoms. The molecule has 30 heavy (non-hydrogen) atoms.